The summed E-state index contributed by atoms with van der Waals surface area (Å²) in [6.07, 6.45) is 3.77. The van der Waals surface area contributed by atoms with E-state index in [0.717, 1.165) is 44.6 Å². The van der Waals surface area contributed by atoms with E-state index in [1.807, 2.05) is 37.3 Å². The first-order valence-electron chi connectivity index (χ1n) is 13.0. The van der Waals surface area contributed by atoms with Crippen LogP contribution in [-0.2, 0) is 16.0 Å². The number of esters is 1. The molecule has 5 rings (SSSR count). The van der Waals surface area contributed by atoms with E-state index in [0.29, 0.717) is 28.6 Å². The van der Waals surface area contributed by atoms with Crippen molar-refractivity contribution in [2.45, 2.75) is 40.5 Å². The van der Waals surface area contributed by atoms with Gasteiger partial charge >= 0.3 is 5.97 Å². The number of nitrogens with zero attached hydrogens (tertiary/aromatic N) is 1. The van der Waals surface area contributed by atoms with Crippen LogP contribution in [0.1, 0.15) is 59.2 Å². The van der Waals surface area contributed by atoms with Gasteiger partial charge in [0.15, 0.2) is 6.61 Å². The highest BCUT2D eigenvalue weighted by Crippen LogP contribution is 2.45. The zero-order valence-electron chi connectivity index (χ0n) is 22.5. The van der Waals surface area contributed by atoms with Crippen LogP contribution in [-0.4, -0.2) is 23.5 Å². The van der Waals surface area contributed by atoms with E-state index < -0.39 is 18.5 Å². The Labute approximate surface area is 237 Å². The molecule has 2 heterocycles. The van der Waals surface area contributed by atoms with Gasteiger partial charge in [0.25, 0.3) is 5.91 Å². The van der Waals surface area contributed by atoms with E-state index in [1.54, 1.807) is 29.5 Å². The van der Waals surface area contributed by atoms with Crippen molar-refractivity contribution in [3.63, 3.8) is 0 Å². The predicted octanol–water partition coefficient (Wildman–Crippen LogP) is 8.20. The summed E-state index contributed by atoms with van der Waals surface area (Å²) in [6, 6.07) is 17.0. The number of aromatic nitrogens is 1. The van der Waals surface area contributed by atoms with Crippen molar-refractivity contribution in [3.8, 4) is 0 Å². The number of carbonyl (C=O) groups is 2. The average molecular weight is 559 g/mol. The highest BCUT2D eigenvalue weighted by Gasteiger charge is 2.35. The van der Waals surface area contributed by atoms with Crippen molar-refractivity contribution in [2.24, 2.45) is 11.3 Å². The molecule has 1 amide bonds. The van der Waals surface area contributed by atoms with Gasteiger partial charge in [-0.05, 0) is 83.5 Å². The average Bonchev–Trinajstić information content (AvgIpc) is 3.41. The van der Waals surface area contributed by atoms with Crippen LogP contribution in [0.15, 0.2) is 60.0 Å². The number of halogens is 1. The fourth-order valence-corrected chi connectivity index (χ4v) is 5.90. The van der Waals surface area contributed by atoms with Crippen LogP contribution in [0.5, 0.6) is 0 Å². The number of nitrogens with one attached hydrogen (secondary N) is 1. The SMILES string of the molecule is Cc1c(Cl)cccc1NC(=O)COC(=O)c1c2c(nc3ccccc13)/C(=C\c1cccs1)CC(C(C)(C)C)C2. The molecule has 1 aliphatic rings. The molecule has 1 atom stereocenters. The lowest BCUT2D eigenvalue weighted by Crippen LogP contribution is -2.29. The fourth-order valence-electron chi connectivity index (χ4n) is 5.05. The molecule has 0 fully saturated rings. The number of amides is 1. The smallest absolute Gasteiger partial charge is 0.339 e. The maximum atomic E-state index is 13.7. The van der Waals surface area contributed by atoms with Crippen LogP contribution in [0, 0.1) is 18.3 Å². The van der Waals surface area contributed by atoms with Crippen molar-refractivity contribution < 1.29 is 14.3 Å². The summed E-state index contributed by atoms with van der Waals surface area (Å²) in [5.41, 5.74) is 5.44. The predicted molar refractivity (Wildman–Crippen MR) is 160 cm³/mol. The highest BCUT2D eigenvalue weighted by atomic mass is 35.5. The van der Waals surface area contributed by atoms with Gasteiger partial charge in [-0.15, -0.1) is 11.3 Å². The monoisotopic (exact) mass is 558 g/mol. The highest BCUT2D eigenvalue weighted by molar-refractivity contribution is 7.10. The van der Waals surface area contributed by atoms with Crippen LogP contribution in [0.25, 0.3) is 22.6 Å². The maximum absolute atomic E-state index is 13.7. The lowest BCUT2D eigenvalue weighted by Gasteiger charge is -2.36. The Morgan fingerprint density at radius 1 is 1.10 bits per heavy atom. The Hall–Kier alpha value is -3.48. The molecule has 4 aromatic rings. The minimum absolute atomic E-state index is 0.0216. The van der Waals surface area contributed by atoms with E-state index >= 15 is 0 Å². The molecule has 1 unspecified atom stereocenters. The second kappa shape index (κ2) is 10.9. The van der Waals surface area contributed by atoms with E-state index in [1.165, 1.54) is 0 Å². The van der Waals surface area contributed by atoms with Gasteiger partial charge in [-0.3, -0.25) is 4.79 Å². The molecule has 0 saturated carbocycles. The summed E-state index contributed by atoms with van der Waals surface area (Å²) in [7, 11) is 0. The minimum atomic E-state index is -0.521. The molecular weight excluding hydrogens is 528 g/mol. The Bertz CT molecular complexity index is 1590. The molecule has 5 nitrogen and oxygen atoms in total. The van der Waals surface area contributed by atoms with Gasteiger partial charge in [0.05, 0.1) is 16.8 Å². The molecule has 0 spiro atoms. The van der Waals surface area contributed by atoms with Crippen LogP contribution in [0.3, 0.4) is 0 Å². The first kappa shape index (κ1) is 27.1. The second-order valence-corrected chi connectivity index (χ2v) is 12.4. The topological polar surface area (TPSA) is 68.3 Å². The van der Waals surface area contributed by atoms with Gasteiger partial charge in [0.1, 0.15) is 0 Å². The number of pyridine rings is 1. The lowest BCUT2D eigenvalue weighted by molar-refractivity contribution is -0.119. The number of ether oxygens (including phenoxy) is 1. The molecular formula is C32H31ClN2O3S. The Morgan fingerprint density at radius 2 is 1.90 bits per heavy atom. The number of allylic oxidation sites excluding steroid dienone is 1. The van der Waals surface area contributed by atoms with E-state index in [9.17, 15) is 9.59 Å². The summed E-state index contributed by atoms with van der Waals surface area (Å²) >= 11 is 7.86. The van der Waals surface area contributed by atoms with Crippen LogP contribution < -0.4 is 5.32 Å². The standard InChI is InChI=1S/C32H31ClN2O3S/c1-19-25(33)11-7-13-26(19)34-28(36)18-38-31(37)29-23-10-5-6-12-27(23)35-30-20(16-22-9-8-14-39-22)15-21(17-24(29)30)32(2,3)4/h5-14,16,21H,15,17-18H2,1-4H3,(H,34,36)/b20-16-. The molecule has 2 aromatic carbocycles. The van der Waals surface area contributed by atoms with E-state index in [2.05, 4.69) is 43.6 Å². The Kier molecular flexibility index (Phi) is 7.61. The van der Waals surface area contributed by atoms with Crippen molar-refractivity contribution in [3.05, 3.63) is 92.3 Å². The zero-order valence-corrected chi connectivity index (χ0v) is 24.1. The van der Waals surface area contributed by atoms with Crippen LogP contribution in [0.4, 0.5) is 5.69 Å². The van der Waals surface area contributed by atoms with Gasteiger partial charge in [-0.2, -0.15) is 0 Å². The summed E-state index contributed by atoms with van der Waals surface area (Å²) in [5.74, 6) is -0.639. The number of para-hydroxylation sites is 1. The first-order valence-corrected chi connectivity index (χ1v) is 14.3. The third-order valence-corrected chi connectivity index (χ3v) is 8.61. The number of thiophene rings is 1. The minimum Gasteiger partial charge on any atom is -0.452 e. The quantitative estimate of drug-likeness (QED) is 0.251. The number of benzene rings is 2. The summed E-state index contributed by atoms with van der Waals surface area (Å²) < 4.78 is 5.64. The second-order valence-electron chi connectivity index (χ2n) is 11.0. The zero-order chi connectivity index (χ0) is 27.7. The number of rotatable bonds is 5. The fraction of sp³-hybridized carbons (Fsp3) is 0.281. The number of hydrogen-bond donors (Lipinski definition) is 1. The van der Waals surface area contributed by atoms with Crippen molar-refractivity contribution >= 4 is 63.1 Å². The number of carbonyl (C=O) groups excluding carboxylic acids is 2. The number of anilines is 1. The summed E-state index contributed by atoms with van der Waals surface area (Å²) in [6.45, 7) is 8.13. The molecule has 0 radical (unpaired) electrons. The van der Waals surface area contributed by atoms with Crippen LogP contribution >= 0.6 is 22.9 Å². The van der Waals surface area contributed by atoms with Crippen LogP contribution in [0.2, 0.25) is 5.02 Å². The summed E-state index contributed by atoms with van der Waals surface area (Å²) in [4.78, 5) is 32.6. The molecule has 1 aliphatic carbocycles. The molecule has 200 valence electrons. The Balaban J connectivity index is 1.52. The maximum Gasteiger partial charge on any atom is 0.339 e. The molecule has 1 N–H and O–H groups in total. The third-order valence-electron chi connectivity index (χ3n) is 7.38. The summed E-state index contributed by atoms with van der Waals surface area (Å²) in [5, 5.41) is 6.14. The van der Waals surface area contributed by atoms with Crippen molar-refractivity contribution in [2.75, 3.05) is 11.9 Å². The molecule has 0 aliphatic heterocycles. The van der Waals surface area contributed by atoms with Gasteiger partial charge in [-0.1, -0.05) is 62.7 Å². The number of hydrogen-bond acceptors (Lipinski definition) is 5. The first-order chi connectivity index (χ1) is 18.6. The molecule has 0 saturated heterocycles. The number of fused-ring (bicyclic) bond motifs is 2. The molecule has 7 heteroatoms. The molecule has 2 aromatic heterocycles. The molecule has 39 heavy (non-hydrogen) atoms. The van der Waals surface area contributed by atoms with Crippen molar-refractivity contribution in [1.82, 2.24) is 4.98 Å². The van der Waals surface area contributed by atoms with Crippen molar-refractivity contribution in [1.29, 1.82) is 0 Å². The third kappa shape index (κ3) is 5.77. The largest absolute Gasteiger partial charge is 0.452 e. The van der Waals surface area contributed by atoms with Gasteiger partial charge in [0.2, 0.25) is 0 Å². The Morgan fingerprint density at radius 3 is 2.64 bits per heavy atom. The van der Waals surface area contributed by atoms with Gasteiger partial charge < -0.3 is 10.1 Å². The molecule has 0 bridgehead atoms. The van der Waals surface area contributed by atoms with E-state index in [-0.39, 0.29) is 5.41 Å². The van der Waals surface area contributed by atoms with Gasteiger partial charge in [-0.25, -0.2) is 9.78 Å². The normalized spacial score (nSPS) is 16.2. The van der Waals surface area contributed by atoms with E-state index in [4.69, 9.17) is 21.3 Å². The van der Waals surface area contributed by atoms with Gasteiger partial charge in [0, 0.05) is 21.0 Å². The lowest BCUT2D eigenvalue weighted by atomic mass is 9.69.